The monoisotopic (exact) mass is 289 g/mol. The summed E-state index contributed by atoms with van der Waals surface area (Å²) in [6, 6.07) is 7.94. The van der Waals surface area contributed by atoms with Crippen LogP contribution in [0.5, 0.6) is 0 Å². The molecule has 4 heteroatoms. The van der Waals surface area contributed by atoms with Gasteiger partial charge in [-0.2, -0.15) is 0 Å². The van der Waals surface area contributed by atoms with Crippen LogP contribution in [0.15, 0.2) is 24.3 Å². The molecule has 1 saturated heterocycles. The number of imide groups is 1. The highest BCUT2D eigenvalue weighted by Gasteiger charge is 2.51. The van der Waals surface area contributed by atoms with Crippen molar-refractivity contribution in [1.82, 2.24) is 5.32 Å². The van der Waals surface area contributed by atoms with E-state index in [2.05, 4.69) is 5.32 Å². The molecule has 1 aliphatic rings. The average molecular weight is 289 g/mol. The number of nitrogens with one attached hydrogen (secondary N) is 1. The molecule has 0 radical (unpaired) electrons. The molecule has 0 aromatic heterocycles. The van der Waals surface area contributed by atoms with Gasteiger partial charge in [0.2, 0.25) is 11.8 Å². The van der Waals surface area contributed by atoms with E-state index in [0.717, 1.165) is 11.1 Å². The number of aryl methyl sites for hydroxylation is 1. The van der Waals surface area contributed by atoms with Crippen molar-refractivity contribution in [3.8, 4) is 0 Å². The summed E-state index contributed by atoms with van der Waals surface area (Å²) in [7, 11) is 1.62. The Kier molecular flexibility index (Phi) is 4.47. The lowest BCUT2D eigenvalue weighted by atomic mass is 9.61. The van der Waals surface area contributed by atoms with E-state index in [0.29, 0.717) is 13.0 Å². The summed E-state index contributed by atoms with van der Waals surface area (Å²) < 4.78 is 5.39. The van der Waals surface area contributed by atoms with Gasteiger partial charge in [-0.3, -0.25) is 14.9 Å². The Balaban J connectivity index is 2.52. The average Bonchev–Trinajstić information content (AvgIpc) is 2.40. The van der Waals surface area contributed by atoms with Crippen LogP contribution < -0.4 is 5.32 Å². The zero-order valence-corrected chi connectivity index (χ0v) is 13.1. The smallest absolute Gasteiger partial charge is 0.234 e. The number of hydrogen-bond acceptors (Lipinski definition) is 3. The van der Waals surface area contributed by atoms with Gasteiger partial charge in [0.1, 0.15) is 0 Å². The first-order chi connectivity index (χ1) is 9.90. The molecule has 1 aliphatic heterocycles. The molecule has 1 heterocycles. The van der Waals surface area contributed by atoms with Crippen molar-refractivity contribution < 1.29 is 14.3 Å². The zero-order valence-electron chi connectivity index (χ0n) is 13.1. The molecule has 0 aliphatic carbocycles. The second-order valence-electron chi connectivity index (χ2n) is 6.25. The maximum Gasteiger partial charge on any atom is 0.234 e. The summed E-state index contributed by atoms with van der Waals surface area (Å²) in [6.45, 7) is 6.50. The lowest BCUT2D eigenvalue weighted by molar-refractivity contribution is -0.145. The Morgan fingerprint density at radius 3 is 2.43 bits per heavy atom. The Bertz CT molecular complexity index is 535. The molecular formula is C17H23NO3. The number of rotatable bonds is 4. The van der Waals surface area contributed by atoms with Gasteiger partial charge in [-0.25, -0.2) is 0 Å². The van der Waals surface area contributed by atoms with Gasteiger partial charge in [0.25, 0.3) is 0 Å². The van der Waals surface area contributed by atoms with Crippen molar-refractivity contribution in [2.75, 3.05) is 13.7 Å². The first-order valence-corrected chi connectivity index (χ1v) is 7.30. The number of ether oxygens (including phenoxy) is 1. The fraction of sp³-hybridized carbons (Fsp3) is 0.529. The molecule has 2 atom stereocenters. The standard InChI is InChI=1S/C17H23NO3/c1-11(2)17(10-21-4)9-14(19)18-16(20)15(17)13-7-5-12(3)6-8-13/h5-8,11,15H,9-10H2,1-4H3,(H,18,19,20). The third kappa shape index (κ3) is 2.86. The summed E-state index contributed by atoms with van der Waals surface area (Å²) in [5, 5.41) is 2.48. The molecule has 0 saturated carbocycles. The predicted molar refractivity (Wildman–Crippen MR) is 80.8 cm³/mol. The third-order valence-corrected chi connectivity index (χ3v) is 4.56. The van der Waals surface area contributed by atoms with Gasteiger partial charge >= 0.3 is 0 Å². The van der Waals surface area contributed by atoms with Crippen LogP contribution in [-0.4, -0.2) is 25.5 Å². The molecule has 1 aromatic rings. The highest BCUT2D eigenvalue weighted by Crippen LogP contribution is 2.47. The molecule has 4 nitrogen and oxygen atoms in total. The second kappa shape index (κ2) is 5.98. The van der Waals surface area contributed by atoms with Gasteiger partial charge in [0.05, 0.1) is 12.5 Å². The molecule has 1 aromatic carbocycles. The molecule has 114 valence electrons. The van der Waals surface area contributed by atoms with Gasteiger partial charge in [0.15, 0.2) is 0 Å². The SMILES string of the molecule is COCC1(C(C)C)CC(=O)NC(=O)C1c1ccc(C)cc1. The highest BCUT2D eigenvalue weighted by atomic mass is 16.5. The van der Waals surface area contributed by atoms with Gasteiger partial charge < -0.3 is 4.74 Å². The van der Waals surface area contributed by atoms with E-state index in [-0.39, 0.29) is 23.7 Å². The molecule has 2 rings (SSSR count). The van der Waals surface area contributed by atoms with Crippen LogP contribution in [0.1, 0.15) is 37.3 Å². The van der Waals surface area contributed by atoms with Crippen molar-refractivity contribution >= 4 is 11.8 Å². The van der Waals surface area contributed by atoms with Crippen molar-refractivity contribution in [3.05, 3.63) is 35.4 Å². The molecule has 1 fully saturated rings. The number of methoxy groups -OCH3 is 1. The molecule has 2 amide bonds. The largest absolute Gasteiger partial charge is 0.384 e. The van der Waals surface area contributed by atoms with Crippen LogP contribution in [0.25, 0.3) is 0 Å². The molecule has 21 heavy (non-hydrogen) atoms. The third-order valence-electron chi connectivity index (χ3n) is 4.56. The lowest BCUT2D eigenvalue weighted by Crippen LogP contribution is -2.54. The number of hydrogen-bond donors (Lipinski definition) is 1. The summed E-state index contributed by atoms with van der Waals surface area (Å²) in [5.74, 6) is -0.649. The normalized spacial score (nSPS) is 26.0. The fourth-order valence-corrected chi connectivity index (χ4v) is 3.27. The Labute approximate surface area is 125 Å². The van der Waals surface area contributed by atoms with E-state index in [1.54, 1.807) is 7.11 Å². The Morgan fingerprint density at radius 1 is 1.29 bits per heavy atom. The maximum absolute atomic E-state index is 12.5. The maximum atomic E-state index is 12.5. The van der Waals surface area contributed by atoms with Gasteiger partial charge in [-0.1, -0.05) is 43.7 Å². The summed E-state index contributed by atoms with van der Waals surface area (Å²) in [4.78, 5) is 24.4. The van der Waals surface area contributed by atoms with E-state index in [1.807, 2.05) is 45.0 Å². The number of piperidine rings is 1. The van der Waals surface area contributed by atoms with E-state index in [1.165, 1.54) is 0 Å². The lowest BCUT2D eigenvalue weighted by Gasteiger charge is -2.45. The highest BCUT2D eigenvalue weighted by molar-refractivity contribution is 6.02. The van der Waals surface area contributed by atoms with Crippen LogP contribution in [0.3, 0.4) is 0 Å². The van der Waals surface area contributed by atoms with Gasteiger partial charge in [-0.15, -0.1) is 0 Å². The van der Waals surface area contributed by atoms with Crippen molar-refractivity contribution in [2.45, 2.75) is 33.1 Å². The minimum absolute atomic E-state index is 0.152. The van der Waals surface area contributed by atoms with E-state index in [4.69, 9.17) is 4.74 Å². The van der Waals surface area contributed by atoms with Gasteiger partial charge in [0, 0.05) is 18.9 Å². The van der Waals surface area contributed by atoms with Crippen LogP contribution in [0.4, 0.5) is 0 Å². The number of benzene rings is 1. The second-order valence-corrected chi connectivity index (χ2v) is 6.25. The predicted octanol–water partition coefficient (Wildman–Crippen LogP) is 2.41. The molecule has 1 N–H and O–H groups in total. The first-order valence-electron chi connectivity index (χ1n) is 7.30. The van der Waals surface area contributed by atoms with Crippen LogP contribution >= 0.6 is 0 Å². The van der Waals surface area contributed by atoms with Crippen LogP contribution in [0, 0.1) is 18.3 Å². The number of amides is 2. The summed E-state index contributed by atoms with van der Waals surface area (Å²) in [5.41, 5.74) is 1.59. The van der Waals surface area contributed by atoms with Crippen molar-refractivity contribution in [2.24, 2.45) is 11.3 Å². The Morgan fingerprint density at radius 2 is 1.90 bits per heavy atom. The van der Waals surface area contributed by atoms with Crippen LogP contribution in [-0.2, 0) is 14.3 Å². The summed E-state index contributed by atoms with van der Waals surface area (Å²) in [6.07, 6.45) is 0.308. The van der Waals surface area contributed by atoms with E-state index < -0.39 is 5.41 Å². The molecule has 2 unspecified atom stereocenters. The van der Waals surface area contributed by atoms with Crippen molar-refractivity contribution in [1.29, 1.82) is 0 Å². The summed E-state index contributed by atoms with van der Waals surface area (Å²) >= 11 is 0. The molecule has 0 spiro atoms. The zero-order chi connectivity index (χ0) is 15.6. The molecular weight excluding hydrogens is 266 g/mol. The Hall–Kier alpha value is -1.68. The van der Waals surface area contributed by atoms with E-state index >= 15 is 0 Å². The minimum Gasteiger partial charge on any atom is -0.384 e. The first kappa shape index (κ1) is 15.7. The van der Waals surface area contributed by atoms with Crippen LogP contribution in [0.2, 0.25) is 0 Å². The van der Waals surface area contributed by atoms with Crippen molar-refractivity contribution in [3.63, 3.8) is 0 Å². The van der Waals surface area contributed by atoms with Gasteiger partial charge in [-0.05, 0) is 18.4 Å². The fourth-order valence-electron chi connectivity index (χ4n) is 3.27. The number of carbonyl (C=O) groups is 2. The van der Waals surface area contributed by atoms with E-state index in [9.17, 15) is 9.59 Å². The topological polar surface area (TPSA) is 55.4 Å². The molecule has 0 bridgehead atoms. The minimum atomic E-state index is -0.497. The number of carbonyl (C=O) groups excluding carboxylic acids is 2. The quantitative estimate of drug-likeness (QED) is 0.866.